The van der Waals surface area contributed by atoms with E-state index in [0.717, 1.165) is 5.52 Å². The van der Waals surface area contributed by atoms with Crippen molar-refractivity contribution in [1.29, 1.82) is 0 Å². The first-order valence-corrected chi connectivity index (χ1v) is 5.62. The lowest BCUT2D eigenvalue weighted by molar-refractivity contribution is 0.162. The maximum Gasteiger partial charge on any atom is 0.215 e. The molecule has 1 atom stereocenters. The molecule has 92 valence electrons. The monoisotopic (exact) mass is 236 g/mol. The highest BCUT2D eigenvalue weighted by molar-refractivity contribution is 5.71. The molecule has 0 saturated carbocycles. The first-order chi connectivity index (χ1) is 8.24. The van der Waals surface area contributed by atoms with Gasteiger partial charge in [-0.25, -0.2) is 4.98 Å². The molecule has 0 radical (unpaired) electrons. The smallest absolute Gasteiger partial charge is 0.215 e. The van der Waals surface area contributed by atoms with E-state index in [1.165, 1.54) is 0 Å². The zero-order chi connectivity index (χ0) is 12.3. The van der Waals surface area contributed by atoms with Gasteiger partial charge in [-0.15, -0.1) is 0 Å². The lowest BCUT2D eigenvalue weighted by Crippen LogP contribution is -2.07. The van der Waals surface area contributed by atoms with Gasteiger partial charge in [0.05, 0.1) is 12.1 Å². The Morgan fingerprint density at radius 2 is 2.29 bits per heavy atom. The van der Waals surface area contributed by atoms with E-state index < -0.39 is 6.10 Å². The summed E-state index contributed by atoms with van der Waals surface area (Å²) >= 11 is 0. The molecule has 0 aliphatic rings. The van der Waals surface area contributed by atoms with Crippen molar-refractivity contribution in [2.45, 2.75) is 19.4 Å². The maximum absolute atomic E-state index is 9.76. The van der Waals surface area contributed by atoms with Crippen LogP contribution in [-0.2, 0) is 0 Å². The molecule has 4 N–H and O–H groups in total. The van der Waals surface area contributed by atoms with Crippen LogP contribution in [0.5, 0.6) is 5.88 Å². The Labute approximate surface area is 98.8 Å². The van der Waals surface area contributed by atoms with Crippen molar-refractivity contribution >= 4 is 11.2 Å². The molecule has 0 bridgehead atoms. The molecular formula is C11H16N4O2. The molecule has 1 unspecified atom stereocenters. The lowest BCUT2D eigenvalue weighted by Gasteiger charge is -2.03. The Bertz CT molecular complexity index is 497. The number of ether oxygens (including phenoxy) is 1. The summed E-state index contributed by atoms with van der Waals surface area (Å²) in [6.07, 6.45) is -0.206. The van der Waals surface area contributed by atoms with Gasteiger partial charge < -0.3 is 20.6 Å². The lowest BCUT2D eigenvalue weighted by atomic mass is 10.2. The fraction of sp³-hybridized carbons (Fsp3) is 0.455. The summed E-state index contributed by atoms with van der Waals surface area (Å²) in [5, 5.41) is 9.76. The molecule has 6 heteroatoms. The molecule has 2 aromatic heterocycles. The van der Waals surface area contributed by atoms with Crippen LogP contribution in [0.25, 0.3) is 11.2 Å². The largest absolute Gasteiger partial charge is 0.478 e. The second kappa shape index (κ2) is 5.11. The zero-order valence-corrected chi connectivity index (χ0v) is 9.68. The minimum absolute atomic E-state index is 0.413. The number of imidazole rings is 1. The third kappa shape index (κ3) is 2.54. The van der Waals surface area contributed by atoms with Crippen molar-refractivity contribution in [1.82, 2.24) is 15.0 Å². The summed E-state index contributed by atoms with van der Waals surface area (Å²) in [5.74, 6) is 1.03. The second-order valence-electron chi connectivity index (χ2n) is 3.67. The third-order valence-corrected chi connectivity index (χ3v) is 2.39. The van der Waals surface area contributed by atoms with E-state index in [-0.39, 0.29) is 0 Å². The molecule has 0 aliphatic carbocycles. The van der Waals surface area contributed by atoms with Gasteiger partial charge in [0.2, 0.25) is 5.88 Å². The summed E-state index contributed by atoms with van der Waals surface area (Å²) < 4.78 is 5.28. The SMILES string of the molecule is CCOc1ccc2[nH]c(C(O)CCN)nc2n1. The van der Waals surface area contributed by atoms with Gasteiger partial charge in [-0.3, -0.25) is 0 Å². The predicted molar refractivity (Wildman–Crippen MR) is 63.7 cm³/mol. The van der Waals surface area contributed by atoms with Crippen molar-refractivity contribution in [2.75, 3.05) is 13.2 Å². The van der Waals surface area contributed by atoms with E-state index in [1.807, 2.05) is 13.0 Å². The van der Waals surface area contributed by atoms with Gasteiger partial charge in [-0.05, 0) is 26.0 Å². The molecule has 0 saturated heterocycles. The number of hydrogen-bond donors (Lipinski definition) is 3. The number of aliphatic hydroxyl groups excluding tert-OH is 1. The van der Waals surface area contributed by atoms with Crippen LogP contribution in [0.3, 0.4) is 0 Å². The molecule has 0 spiro atoms. The Kier molecular flexibility index (Phi) is 3.55. The molecule has 2 rings (SSSR count). The van der Waals surface area contributed by atoms with E-state index in [0.29, 0.717) is 36.9 Å². The summed E-state index contributed by atoms with van der Waals surface area (Å²) in [6.45, 7) is 2.87. The minimum atomic E-state index is -0.676. The summed E-state index contributed by atoms with van der Waals surface area (Å²) in [7, 11) is 0. The average Bonchev–Trinajstić information content (AvgIpc) is 2.73. The summed E-state index contributed by atoms with van der Waals surface area (Å²) in [5.41, 5.74) is 6.71. The van der Waals surface area contributed by atoms with Crippen LogP contribution >= 0.6 is 0 Å². The Morgan fingerprint density at radius 1 is 1.47 bits per heavy atom. The standard InChI is InChI=1S/C11H16N4O2/c1-2-17-9-4-3-7-10(14-9)15-11(13-7)8(16)5-6-12/h3-4,8,16H,2,5-6,12H2,1H3,(H,13,14,15). The highest BCUT2D eigenvalue weighted by Gasteiger charge is 2.12. The van der Waals surface area contributed by atoms with Crippen LogP contribution in [0.4, 0.5) is 0 Å². The first kappa shape index (κ1) is 11.8. The predicted octanol–water partition coefficient (Wildman–Crippen LogP) is 0.739. The number of H-pyrrole nitrogens is 1. The van der Waals surface area contributed by atoms with Crippen molar-refractivity contribution in [3.05, 3.63) is 18.0 Å². The second-order valence-corrected chi connectivity index (χ2v) is 3.67. The fourth-order valence-electron chi connectivity index (χ4n) is 1.57. The minimum Gasteiger partial charge on any atom is -0.478 e. The van der Waals surface area contributed by atoms with Crippen LogP contribution < -0.4 is 10.5 Å². The molecule has 0 aromatic carbocycles. The number of rotatable bonds is 5. The van der Waals surface area contributed by atoms with Gasteiger partial charge in [0.1, 0.15) is 11.9 Å². The number of nitrogens with zero attached hydrogens (tertiary/aromatic N) is 2. The third-order valence-electron chi connectivity index (χ3n) is 2.39. The van der Waals surface area contributed by atoms with E-state index in [1.54, 1.807) is 6.07 Å². The van der Waals surface area contributed by atoms with Gasteiger partial charge in [0, 0.05) is 6.07 Å². The Balaban J connectivity index is 2.30. The van der Waals surface area contributed by atoms with Crippen LogP contribution in [0.2, 0.25) is 0 Å². The van der Waals surface area contributed by atoms with Gasteiger partial charge in [-0.2, -0.15) is 4.98 Å². The zero-order valence-electron chi connectivity index (χ0n) is 9.68. The normalized spacial score (nSPS) is 12.9. The number of fused-ring (bicyclic) bond motifs is 1. The van der Waals surface area contributed by atoms with E-state index in [2.05, 4.69) is 15.0 Å². The fourth-order valence-corrected chi connectivity index (χ4v) is 1.57. The average molecular weight is 236 g/mol. The molecular weight excluding hydrogens is 220 g/mol. The van der Waals surface area contributed by atoms with Crippen LogP contribution in [0.15, 0.2) is 12.1 Å². The number of pyridine rings is 1. The highest BCUT2D eigenvalue weighted by Crippen LogP contribution is 2.19. The molecule has 2 heterocycles. The van der Waals surface area contributed by atoms with Crippen molar-refractivity contribution < 1.29 is 9.84 Å². The molecule has 0 aliphatic heterocycles. The van der Waals surface area contributed by atoms with Crippen molar-refractivity contribution in [3.8, 4) is 5.88 Å². The van der Waals surface area contributed by atoms with E-state index in [4.69, 9.17) is 10.5 Å². The van der Waals surface area contributed by atoms with Gasteiger partial charge in [0.15, 0.2) is 5.65 Å². The summed E-state index contributed by atoms with van der Waals surface area (Å²) in [6, 6.07) is 3.60. The molecule has 2 aromatic rings. The topological polar surface area (TPSA) is 97.0 Å². The van der Waals surface area contributed by atoms with Crippen molar-refractivity contribution in [3.63, 3.8) is 0 Å². The molecule has 0 amide bonds. The Morgan fingerprint density at radius 3 is 3.00 bits per heavy atom. The van der Waals surface area contributed by atoms with Gasteiger partial charge in [0.25, 0.3) is 0 Å². The Hall–Kier alpha value is -1.66. The van der Waals surface area contributed by atoms with Gasteiger partial charge >= 0.3 is 0 Å². The highest BCUT2D eigenvalue weighted by atomic mass is 16.5. The molecule has 6 nitrogen and oxygen atoms in total. The number of aliphatic hydroxyl groups is 1. The van der Waals surface area contributed by atoms with E-state index >= 15 is 0 Å². The van der Waals surface area contributed by atoms with Crippen LogP contribution in [-0.4, -0.2) is 33.2 Å². The molecule has 17 heavy (non-hydrogen) atoms. The van der Waals surface area contributed by atoms with E-state index in [9.17, 15) is 5.11 Å². The number of aromatic amines is 1. The molecule has 0 fully saturated rings. The number of nitrogens with one attached hydrogen (secondary N) is 1. The van der Waals surface area contributed by atoms with Gasteiger partial charge in [-0.1, -0.05) is 0 Å². The maximum atomic E-state index is 9.76. The van der Waals surface area contributed by atoms with Crippen molar-refractivity contribution in [2.24, 2.45) is 5.73 Å². The number of hydrogen-bond acceptors (Lipinski definition) is 5. The first-order valence-electron chi connectivity index (χ1n) is 5.62. The quantitative estimate of drug-likeness (QED) is 0.711. The summed E-state index contributed by atoms with van der Waals surface area (Å²) in [4.78, 5) is 11.5. The van der Waals surface area contributed by atoms with Crippen LogP contribution in [0, 0.1) is 0 Å². The van der Waals surface area contributed by atoms with Crippen LogP contribution in [0.1, 0.15) is 25.3 Å². The number of nitrogens with two attached hydrogens (primary N) is 1. The number of aromatic nitrogens is 3.